The molecule has 6 nitrogen and oxygen atoms in total. The van der Waals surface area contributed by atoms with Crippen molar-refractivity contribution < 1.29 is 8.78 Å². The number of piperazine rings is 1. The van der Waals surface area contributed by atoms with Gasteiger partial charge in [-0.15, -0.1) is 0 Å². The fourth-order valence-electron chi connectivity index (χ4n) is 3.28. The molecule has 1 saturated heterocycles. The van der Waals surface area contributed by atoms with Crippen LogP contribution in [0.1, 0.15) is 5.56 Å². The monoisotopic (exact) mass is 417 g/mol. The van der Waals surface area contributed by atoms with E-state index >= 15 is 0 Å². The lowest BCUT2D eigenvalue weighted by Crippen LogP contribution is -2.48. The van der Waals surface area contributed by atoms with Crippen LogP contribution in [0, 0.1) is 11.6 Å². The van der Waals surface area contributed by atoms with Crippen molar-refractivity contribution in [2.45, 2.75) is 6.54 Å². The highest BCUT2D eigenvalue weighted by Crippen LogP contribution is 2.22. The van der Waals surface area contributed by atoms with Crippen molar-refractivity contribution in [3.8, 4) is 0 Å². The van der Waals surface area contributed by atoms with Crippen LogP contribution >= 0.6 is 11.6 Å². The van der Waals surface area contributed by atoms with Gasteiger partial charge in [-0.1, -0.05) is 23.7 Å². The summed E-state index contributed by atoms with van der Waals surface area (Å²) in [5, 5.41) is 0.632. The summed E-state index contributed by atoms with van der Waals surface area (Å²) < 4.78 is 28.5. The Morgan fingerprint density at radius 2 is 1.66 bits per heavy atom. The summed E-state index contributed by atoms with van der Waals surface area (Å²) in [6.07, 6.45) is 1.48. The van der Waals surface area contributed by atoms with Crippen molar-refractivity contribution in [2.75, 3.05) is 36.0 Å². The third kappa shape index (κ3) is 4.37. The molecule has 1 fully saturated rings. The van der Waals surface area contributed by atoms with Gasteiger partial charge in [0.05, 0.1) is 12.2 Å². The molecule has 0 bridgehead atoms. The Morgan fingerprint density at radius 1 is 0.966 bits per heavy atom. The molecule has 150 valence electrons. The minimum Gasteiger partial charge on any atom is -0.366 e. The van der Waals surface area contributed by atoms with Gasteiger partial charge < -0.3 is 9.80 Å². The van der Waals surface area contributed by atoms with Crippen LogP contribution in [0.3, 0.4) is 0 Å². The first-order valence-corrected chi connectivity index (χ1v) is 9.50. The summed E-state index contributed by atoms with van der Waals surface area (Å²) in [5.41, 5.74) is 0.894. The van der Waals surface area contributed by atoms with Crippen molar-refractivity contribution in [1.29, 1.82) is 0 Å². The quantitative estimate of drug-likeness (QED) is 0.653. The number of nitrogens with zero attached hydrogens (tertiary/aromatic N) is 5. The van der Waals surface area contributed by atoms with Gasteiger partial charge in [-0.05, 0) is 29.8 Å². The molecule has 0 spiro atoms. The Kier molecular flexibility index (Phi) is 5.44. The molecular formula is C20H18ClF2N5O. The fourth-order valence-corrected chi connectivity index (χ4v) is 3.41. The number of rotatable bonds is 4. The van der Waals surface area contributed by atoms with Gasteiger partial charge >= 0.3 is 5.69 Å². The molecule has 9 heteroatoms. The van der Waals surface area contributed by atoms with Gasteiger partial charge in [-0.25, -0.2) is 18.6 Å². The molecule has 29 heavy (non-hydrogen) atoms. The van der Waals surface area contributed by atoms with Gasteiger partial charge in [0.15, 0.2) is 0 Å². The van der Waals surface area contributed by atoms with Gasteiger partial charge in [-0.2, -0.15) is 4.98 Å². The Bertz CT molecular complexity index is 1070. The summed E-state index contributed by atoms with van der Waals surface area (Å²) in [7, 11) is 0. The van der Waals surface area contributed by atoms with E-state index in [2.05, 4.69) is 9.97 Å². The first-order valence-electron chi connectivity index (χ1n) is 9.12. The van der Waals surface area contributed by atoms with Crippen LogP contribution in [0.15, 0.2) is 53.6 Å². The highest BCUT2D eigenvalue weighted by atomic mass is 35.5. The van der Waals surface area contributed by atoms with Crippen LogP contribution in [-0.4, -0.2) is 40.7 Å². The van der Waals surface area contributed by atoms with Crippen molar-refractivity contribution in [3.63, 3.8) is 0 Å². The zero-order valence-electron chi connectivity index (χ0n) is 15.4. The molecule has 0 aliphatic carbocycles. The Labute approximate surface area is 171 Å². The van der Waals surface area contributed by atoms with Crippen molar-refractivity contribution in [3.05, 3.63) is 81.5 Å². The van der Waals surface area contributed by atoms with E-state index in [4.69, 9.17) is 11.6 Å². The minimum atomic E-state index is -0.600. The SMILES string of the molecule is O=c1nc(N2CCN(c3ccc(F)cc3F)CC2)ncn1Cc1ccc(Cl)cc1. The molecule has 0 amide bonds. The maximum Gasteiger partial charge on any atom is 0.352 e. The third-order valence-corrected chi connectivity index (χ3v) is 5.09. The Balaban J connectivity index is 1.42. The molecule has 2 aromatic carbocycles. The normalized spacial score (nSPS) is 14.3. The molecule has 0 unspecified atom stereocenters. The van der Waals surface area contributed by atoms with Crippen molar-refractivity contribution in [1.82, 2.24) is 14.5 Å². The van der Waals surface area contributed by atoms with Gasteiger partial charge in [0.25, 0.3) is 0 Å². The second-order valence-corrected chi connectivity index (χ2v) is 7.20. The maximum absolute atomic E-state index is 14.0. The van der Waals surface area contributed by atoms with E-state index in [1.165, 1.54) is 23.0 Å². The lowest BCUT2D eigenvalue weighted by Gasteiger charge is -2.36. The molecule has 0 atom stereocenters. The molecule has 1 aliphatic rings. The molecule has 1 aromatic heterocycles. The van der Waals surface area contributed by atoms with Crippen LogP contribution in [0.4, 0.5) is 20.4 Å². The van der Waals surface area contributed by atoms with Crippen LogP contribution in [0.25, 0.3) is 0 Å². The van der Waals surface area contributed by atoms with Crippen molar-refractivity contribution in [2.24, 2.45) is 0 Å². The average molecular weight is 418 g/mol. The summed E-state index contributed by atoms with van der Waals surface area (Å²) in [6, 6.07) is 10.8. The number of halogens is 3. The predicted octanol–water partition coefficient (Wildman–Crippen LogP) is 2.94. The standard InChI is InChI=1S/C20H18ClF2N5O/c21-15-3-1-14(2-4-15)12-28-13-24-19(25-20(28)29)27-9-7-26(8-10-27)18-6-5-16(22)11-17(18)23/h1-6,11,13H,7-10,12H2. The molecule has 2 heterocycles. The zero-order valence-corrected chi connectivity index (χ0v) is 16.2. The van der Waals surface area contributed by atoms with Gasteiger partial charge in [0, 0.05) is 37.3 Å². The van der Waals surface area contributed by atoms with E-state index in [9.17, 15) is 13.6 Å². The van der Waals surface area contributed by atoms with E-state index in [-0.39, 0.29) is 0 Å². The highest BCUT2D eigenvalue weighted by molar-refractivity contribution is 6.30. The predicted molar refractivity (Wildman–Crippen MR) is 108 cm³/mol. The molecule has 4 rings (SSSR count). The summed E-state index contributed by atoms with van der Waals surface area (Å²) in [5.74, 6) is -0.835. The van der Waals surface area contributed by atoms with E-state index in [0.717, 1.165) is 11.6 Å². The maximum atomic E-state index is 14.0. The smallest absolute Gasteiger partial charge is 0.352 e. The summed E-state index contributed by atoms with van der Waals surface area (Å²) in [6.45, 7) is 2.43. The molecular weight excluding hydrogens is 400 g/mol. The number of benzene rings is 2. The minimum absolute atomic E-state index is 0.349. The third-order valence-electron chi connectivity index (χ3n) is 4.83. The number of anilines is 2. The topological polar surface area (TPSA) is 54.3 Å². The molecule has 0 saturated carbocycles. The lowest BCUT2D eigenvalue weighted by molar-refractivity contribution is 0.567. The largest absolute Gasteiger partial charge is 0.366 e. The van der Waals surface area contributed by atoms with E-state index in [1.54, 1.807) is 12.1 Å². The molecule has 3 aromatic rings. The van der Waals surface area contributed by atoms with Crippen LogP contribution in [0.5, 0.6) is 0 Å². The van der Waals surface area contributed by atoms with E-state index < -0.39 is 17.3 Å². The number of hydrogen-bond acceptors (Lipinski definition) is 5. The van der Waals surface area contributed by atoms with E-state index in [0.29, 0.717) is 49.4 Å². The van der Waals surface area contributed by atoms with Crippen LogP contribution < -0.4 is 15.5 Å². The second-order valence-electron chi connectivity index (χ2n) is 6.76. The first-order chi connectivity index (χ1) is 14.0. The van der Waals surface area contributed by atoms with Gasteiger partial charge in [0.1, 0.15) is 18.0 Å². The van der Waals surface area contributed by atoms with Crippen LogP contribution in [0.2, 0.25) is 5.02 Å². The molecule has 0 radical (unpaired) electrons. The number of hydrogen-bond donors (Lipinski definition) is 0. The molecule has 0 N–H and O–H groups in total. The second kappa shape index (κ2) is 8.16. The Hall–Kier alpha value is -3.00. The van der Waals surface area contributed by atoms with Crippen LogP contribution in [-0.2, 0) is 6.54 Å². The fraction of sp³-hybridized carbons (Fsp3) is 0.250. The molecule has 1 aliphatic heterocycles. The lowest BCUT2D eigenvalue weighted by atomic mass is 10.2. The zero-order chi connectivity index (χ0) is 20.4. The first kappa shape index (κ1) is 19.3. The average Bonchev–Trinajstić information content (AvgIpc) is 2.71. The summed E-state index contributed by atoms with van der Waals surface area (Å²) in [4.78, 5) is 24.5. The van der Waals surface area contributed by atoms with Gasteiger partial charge in [0.2, 0.25) is 5.95 Å². The van der Waals surface area contributed by atoms with Crippen molar-refractivity contribution >= 4 is 23.2 Å². The van der Waals surface area contributed by atoms with Gasteiger partial charge in [-0.3, -0.25) is 4.57 Å². The summed E-state index contributed by atoms with van der Waals surface area (Å²) >= 11 is 5.88. The highest BCUT2D eigenvalue weighted by Gasteiger charge is 2.22. The Morgan fingerprint density at radius 3 is 2.31 bits per heavy atom. The van der Waals surface area contributed by atoms with E-state index in [1.807, 2.05) is 21.9 Å². The number of aromatic nitrogens is 3.